The summed E-state index contributed by atoms with van der Waals surface area (Å²) in [6, 6.07) is 9.17. The van der Waals surface area contributed by atoms with Gasteiger partial charge in [-0.25, -0.2) is 9.50 Å². The van der Waals surface area contributed by atoms with E-state index in [-0.39, 0.29) is 0 Å². The summed E-state index contributed by atoms with van der Waals surface area (Å²) in [5, 5.41) is 5.70. The number of aryl methyl sites for hydroxylation is 1. The molecule has 6 nitrogen and oxygen atoms in total. The molecule has 0 amide bonds. The molecule has 0 saturated carbocycles. The van der Waals surface area contributed by atoms with Gasteiger partial charge >= 0.3 is 0 Å². The molecule has 190 valence electrons. The van der Waals surface area contributed by atoms with Gasteiger partial charge in [0.25, 0.3) is 0 Å². The van der Waals surface area contributed by atoms with Crippen LogP contribution in [0.5, 0.6) is 0 Å². The van der Waals surface area contributed by atoms with Crippen LogP contribution in [0.1, 0.15) is 68.1 Å². The number of rotatable bonds is 9. The van der Waals surface area contributed by atoms with E-state index in [1.54, 1.807) is 6.33 Å². The second-order valence-electron chi connectivity index (χ2n) is 10.5. The number of benzene rings is 1. The number of hydrogen-bond donors (Lipinski definition) is 1. The number of aromatic nitrogens is 4. The van der Waals surface area contributed by atoms with E-state index in [0.29, 0.717) is 30.6 Å². The summed E-state index contributed by atoms with van der Waals surface area (Å²) in [7, 11) is 0. The van der Waals surface area contributed by atoms with Crippen LogP contribution in [0.4, 0.5) is 0 Å². The molecule has 1 aromatic carbocycles. The van der Waals surface area contributed by atoms with Crippen LogP contribution in [0.2, 0.25) is 0 Å². The Morgan fingerprint density at radius 1 is 1.22 bits per heavy atom. The highest BCUT2D eigenvalue weighted by molar-refractivity contribution is 7.98. The minimum Gasteiger partial charge on any atom is -0.354 e. The van der Waals surface area contributed by atoms with Gasteiger partial charge in [-0.1, -0.05) is 19.9 Å². The molecule has 36 heavy (non-hydrogen) atoms. The number of aromatic amines is 1. The van der Waals surface area contributed by atoms with Crippen LogP contribution in [0.3, 0.4) is 0 Å². The molecule has 0 aliphatic carbocycles. The molecule has 1 aliphatic rings. The highest BCUT2D eigenvalue weighted by Crippen LogP contribution is 2.38. The van der Waals surface area contributed by atoms with Gasteiger partial charge in [-0.2, -0.15) is 16.9 Å². The van der Waals surface area contributed by atoms with Crippen molar-refractivity contribution in [2.45, 2.75) is 58.3 Å². The van der Waals surface area contributed by atoms with Crippen LogP contribution in [-0.4, -0.2) is 61.9 Å². The van der Waals surface area contributed by atoms with E-state index < -0.39 is 0 Å². The Balaban J connectivity index is 1.36. The summed E-state index contributed by atoms with van der Waals surface area (Å²) < 4.78 is 1.87. The summed E-state index contributed by atoms with van der Waals surface area (Å²) in [4.78, 5) is 22.8. The van der Waals surface area contributed by atoms with Crippen LogP contribution >= 0.6 is 11.8 Å². The van der Waals surface area contributed by atoms with Crippen molar-refractivity contribution in [2.75, 3.05) is 31.6 Å². The summed E-state index contributed by atoms with van der Waals surface area (Å²) in [5.74, 6) is 2.40. The van der Waals surface area contributed by atoms with Gasteiger partial charge in [-0.15, -0.1) is 0 Å². The average molecular weight is 504 g/mol. The molecular weight excluding hydrogens is 466 g/mol. The lowest BCUT2D eigenvalue weighted by atomic mass is 9.87. The van der Waals surface area contributed by atoms with Gasteiger partial charge in [0.05, 0.1) is 12.2 Å². The Morgan fingerprint density at radius 3 is 2.78 bits per heavy atom. The third-order valence-corrected chi connectivity index (χ3v) is 8.25. The maximum Gasteiger partial charge on any atom is 0.158 e. The van der Waals surface area contributed by atoms with Crippen LogP contribution in [-0.2, 0) is 4.79 Å². The first kappa shape index (κ1) is 25.0. The Kier molecular flexibility index (Phi) is 7.49. The van der Waals surface area contributed by atoms with Gasteiger partial charge in [-0.05, 0) is 98.0 Å². The Morgan fingerprint density at radius 2 is 2.03 bits per heavy atom. The van der Waals surface area contributed by atoms with Gasteiger partial charge in [0.2, 0.25) is 0 Å². The Labute approximate surface area is 217 Å². The molecule has 1 N–H and O–H groups in total. The first-order chi connectivity index (χ1) is 17.4. The lowest BCUT2D eigenvalue weighted by molar-refractivity contribution is -0.120. The van der Waals surface area contributed by atoms with E-state index >= 15 is 0 Å². The molecule has 5 rings (SSSR count). The molecular formula is C29H37N5OS. The molecule has 7 heteroatoms. The quantitative estimate of drug-likeness (QED) is 0.275. The lowest BCUT2D eigenvalue weighted by Crippen LogP contribution is -2.36. The molecule has 1 fully saturated rings. The van der Waals surface area contributed by atoms with Gasteiger partial charge in [-0.3, -0.25) is 9.69 Å². The number of carbonyl (C=O) groups is 1. The zero-order valence-corrected chi connectivity index (χ0v) is 22.7. The predicted molar refractivity (Wildman–Crippen MR) is 150 cm³/mol. The van der Waals surface area contributed by atoms with Gasteiger partial charge in [0.15, 0.2) is 5.65 Å². The predicted octanol–water partition coefficient (Wildman–Crippen LogP) is 6.20. The van der Waals surface area contributed by atoms with E-state index in [1.165, 1.54) is 27.7 Å². The summed E-state index contributed by atoms with van der Waals surface area (Å²) in [6.07, 6.45) is 9.72. The highest BCUT2D eigenvalue weighted by atomic mass is 32.2. The highest BCUT2D eigenvalue weighted by Gasteiger charge is 2.24. The van der Waals surface area contributed by atoms with Crippen molar-refractivity contribution in [3.63, 3.8) is 0 Å². The SMILES string of the molecule is CSCCCC(=O)CN1CCC(c2ccc3[nH]c(-c4cc(C)c5ncnn5c4)c(C(C)C)c3c2)CC1. The first-order valence-corrected chi connectivity index (χ1v) is 14.5. The van der Waals surface area contributed by atoms with Crippen molar-refractivity contribution in [2.24, 2.45) is 0 Å². The molecule has 1 saturated heterocycles. The maximum absolute atomic E-state index is 12.3. The van der Waals surface area contributed by atoms with E-state index in [9.17, 15) is 4.79 Å². The number of likely N-dealkylation sites (tertiary alicyclic amines) is 1. The van der Waals surface area contributed by atoms with Gasteiger partial charge in [0.1, 0.15) is 12.1 Å². The fourth-order valence-electron chi connectivity index (χ4n) is 5.71. The van der Waals surface area contributed by atoms with Crippen molar-refractivity contribution in [1.29, 1.82) is 0 Å². The standard InChI is InChI=1S/C29H37N5OS/c1-19(2)27-25-15-22(21-9-11-33(12-10-21)17-24(35)6-5-13-36-4)7-8-26(25)32-28(27)23-14-20(3)29-30-18-31-34(29)16-23/h7-8,14-16,18-19,21,32H,5-6,9-13,17H2,1-4H3. The van der Waals surface area contributed by atoms with E-state index in [2.05, 4.69) is 77.5 Å². The number of nitrogens with one attached hydrogen (secondary N) is 1. The monoisotopic (exact) mass is 503 g/mol. The fraction of sp³-hybridized carbons (Fsp3) is 0.483. The maximum atomic E-state index is 12.3. The van der Waals surface area contributed by atoms with Crippen LogP contribution in [0.15, 0.2) is 36.8 Å². The molecule has 3 aromatic heterocycles. The Hall–Kier alpha value is -2.64. The van der Waals surface area contributed by atoms with Crippen molar-refractivity contribution >= 4 is 34.1 Å². The van der Waals surface area contributed by atoms with Gasteiger partial charge in [0, 0.05) is 29.1 Å². The topological polar surface area (TPSA) is 66.3 Å². The number of piperidine rings is 1. The van der Waals surface area contributed by atoms with Crippen molar-refractivity contribution in [3.8, 4) is 11.3 Å². The molecule has 1 aliphatic heterocycles. The molecule has 0 unspecified atom stereocenters. The molecule has 4 heterocycles. The third-order valence-electron chi connectivity index (χ3n) is 7.55. The minimum absolute atomic E-state index is 0.384. The van der Waals surface area contributed by atoms with Crippen LogP contribution in [0.25, 0.3) is 27.8 Å². The van der Waals surface area contributed by atoms with Crippen LogP contribution in [0, 0.1) is 6.92 Å². The average Bonchev–Trinajstić information content (AvgIpc) is 3.49. The second-order valence-corrected chi connectivity index (χ2v) is 11.5. The smallest absolute Gasteiger partial charge is 0.158 e. The zero-order valence-electron chi connectivity index (χ0n) is 21.9. The molecule has 0 radical (unpaired) electrons. The number of fused-ring (bicyclic) bond motifs is 2. The van der Waals surface area contributed by atoms with E-state index in [1.807, 2.05) is 16.3 Å². The number of thioether (sulfide) groups is 1. The lowest BCUT2D eigenvalue weighted by Gasteiger charge is -2.31. The first-order valence-electron chi connectivity index (χ1n) is 13.1. The van der Waals surface area contributed by atoms with E-state index in [4.69, 9.17) is 0 Å². The number of pyridine rings is 1. The zero-order chi connectivity index (χ0) is 25.2. The third kappa shape index (κ3) is 5.09. The molecule has 4 aromatic rings. The van der Waals surface area contributed by atoms with Crippen molar-refractivity contribution < 1.29 is 4.79 Å². The number of Topliss-reactive ketones (excluding diaryl/α,β-unsaturated/α-hetero) is 1. The molecule has 0 bridgehead atoms. The normalized spacial score (nSPS) is 15.5. The summed E-state index contributed by atoms with van der Waals surface area (Å²) >= 11 is 1.82. The minimum atomic E-state index is 0.384. The second kappa shape index (κ2) is 10.8. The fourth-order valence-corrected chi connectivity index (χ4v) is 6.14. The molecule has 0 spiro atoms. The number of H-pyrrole nitrogens is 1. The van der Waals surface area contributed by atoms with Crippen LogP contribution < -0.4 is 0 Å². The molecule has 0 atom stereocenters. The van der Waals surface area contributed by atoms with E-state index in [0.717, 1.165) is 54.9 Å². The Bertz CT molecular complexity index is 1360. The summed E-state index contributed by atoms with van der Waals surface area (Å²) in [5.41, 5.74) is 8.30. The van der Waals surface area contributed by atoms with Gasteiger partial charge < -0.3 is 4.98 Å². The van der Waals surface area contributed by atoms with Crippen molar-refractivity contribution in [3.05, 3.63) is 53.5 Å². The summed E-state index contributed by atoms with van der Waals surface area (Å²) in [6.45, 7) is 9.26. The number of carbonyl (C=O) groups excluding carboxylic acids is 1. The number of nitrogens with zero attached hydrogens (tertiary/aromatic N) is 4. The largest absolute Gasteiger partial charge is 0.354 e. The number of ketones is 1. The van der Waals surface area contributed by atoms with Crippen molar-refractivity contribution in [1.82, 2.24) is 24.5 Å². The number of hydrogen-bond acceptors (Lipinski definition) is 5.